The van der Waals surface area contributed by atoms with Crippen molar-refractivity contribution in [3.05, 3.63) is 64.1 Å². The van der Waals surface area contributed by atoms with Crippen molar-refractivity contribution in [3.63, 3.8) is 0 Å². The number of aromatic amines is 1. The van der Waals surface area contributed by atoms with Crippen LogP contribution < -0.4 is 16.5 Å². The fourth-order valence-electron chi connectivity index (χ4n) is 1.51. The molecule has 1 aromatic heterocycles. The molecule has 0 aliphatic heterocycles. The van der Waals surface area contributed by atoms with Crippen LogP contribution in [0.3, 0.4) is 0 Å². The van der Waals surface area contributed by atoms with Gasteiger partial charge in [0.2, 0.25) is 5.91 Å². The molecule has 0 radical (unpaired) electrons. The van der Waals surface area contributed by atoms with E-state index in [1.807, 2.05) is 0 Å². The lowest BCUT2D eigenvalue weighted by molar-refractivity contribution is 0.0998. The first-order valence-electron chi connectivity index (χ1n) is 5.46. The van der Waals surface area contributed by atoms with Gasteiger partial charge in [0.25, 0.3) is 5.91 Å². The first-order chi connectivity index (χ1) is 9.08. The fourth-order valence-corrected chi connectivity index (χ4v) is 1.51. The molecule has 96 valence electrons. The third kappa shape index (κ3) is 2.86. The van der Waals surface area contributed by atoms with Gasteiger partial charge in [0.05, 0.1) is 0 Å². The normalized spacial score (nSPS) is 9.89. The van der Waals surface area contributed by atoms with Crippen LogP contribution in [0, 0.1) is 0 Å². The van der Waals surface area contributed by atoms with E-state index in [1.165, 1.54) is 42.7 Å². The Morgan fingerprint density at radius 3 is 2.37 bits per heavy atom. The lowest BCUT2D eigenvalue weighted by Gasteiger charge is -2.05. The second-order valence-corrected chi connectivity index (χ2v) is 3.82. The smallest absolute Gasteiger partial charge is 0.261 e. The summed E-state index contributed by atoms with van der Waals surface area (Å²) in [5.74, 6) is -1.06. The Hall–Kier alpha value is -2.89. The molecule has 6 heteroatoms. The van der Waals surface area contributed by atoms with Crippen molar-refractivity contribution < 1.29 is 9.59 Å². The number of pyridine rings is 1. The Morgan fingerprint density at radius 1 is 1.11 bits per heavy atom. The highest BCUT2D eigenvalue weighted by molar-refractivity contribution is 6.04. The standard InChI is InChI=1S/C13H11N3O3/c14-12(18)8-1-3-9(4-2-8)16-13(19)10-7-15-6-5-11(10)17/h1-7H,(H2,14,18)(H,15,17)(H,16,19). The Balaban J connectivity index is 2.18. The van der Waals surface area contributed by atoms with Crippen LogP contribution in [0.25, 0.3) is 0 Å². The van der Waals surface area contributed by atoms with Gasteiger partial charge in [0, 0.05) is 29.7 Å². The van der Waals surface area contributed by atoms with E-state index in [0.717, 1.165) is 0 Å². The summed E-state index contributed by atoms with van der Waals surface area (Å²) in [6.07, 6.45) is 2.77. The van der Waals surface area contributed by atoms with Crippen LogP contribution in [0.15, 0.2) is 47.5 Å². The first kappa shape index (κ1) is 12.6. The number of aromatic nitrogens is 1. The molecule has 19 heavy (non-hydrogen) atoms. The van der Waals surface area contributed by atoms with E-state index >= 15 is 0 Å². The predicted molar refractivity (Wildman–Crippen MR) is 70.0 cm³/mol. The summed E-state index contributed by atoms with van der Waals surface area (Å²) >= 11 is 0. The lowest BCUT2D eigenvalue weighted by Crippen LogP contribution is -2.20. The van der Waals surface area contributed by atoms with E-state index in [-0.39, 0.29) is 11.0 Å². The van der Waals surface area contributed by atoms with Gasteiger partial charge in [-0.3, -0.25) is 14.4 Å². The van der Waals surface area contributed by atoms with E-state index in [2.05, 4.69) is 10.3 Å². The summed E-state index contributed by atoms with van der Waals surface area (Å²) in [6, 6.07) is 7.33. The number of hydrogen-bond donors (Lipinski definition) is 3. The molecule has 4 N–H and O–H groups in total. The zero-order chi connectivity index (χ0) is 13.8. The van der Waals surface area contributed by atoms with E-state index in [0.29, 0.717) is 11.3 Å². The van der Waals surface area contributed by atoms with Gasteiger partial charge in [-0.05, 0) is 24.3 Å². The molecule has 0 spiro atoms. The fraction of sp³-hybridized carbons (Fsp3) is 0. The van der Waals surface area contributed by atoms with Crippen LogP contribution in [0.4, 0.5) is 5.69 Å². The zero-order valence-corrected chi connectivity index (χ0v) is 9.84. The number of benzene rings is 1. The minimum absolute atomic E-state index is 0.0153. The van der Waals surface area contributed by atoms with Crippen LogP contribution in [0.1, 0.15) is 20.7 Å². The van der Waals surface area contributed by atoms with Crippen molar-refractivity contribution in [1.29, 1.82) is 0 Å². The molecule has 1 heterocycles. The molecule has 0 bridgehead atoms. The van der Waals surface area contributed by atoms with Gasteiger partial charge in [-0.25, -0.2) is 0 Å². The van der Waals surface area contributed by atoms with E-state index in [1.54, 1.807) is 0 Å². The Bertz CT molecular complexity index is 674. The van der Waals surface area contributed by atoms with E-state index < -0.39 is 11.8 Å². The number of carbonyl (C=O) groups is 2. The monoisotopic (exact) mass is 257 g/mol. The molecule has 0 aliphatic carbocycles. The number of amides is 2. The maximum atomic E-state index is 11.8. The molecule has 0 aliphatic rings. The van der Waals surface area contributed by atoms with Crippen molar-refractivity contribution >= 4 is 17.5 Å². The van der Waals surface area contributed by atoms with Gasteiger partial charge >= 0.3 is 0 Å². The molecule has 0 saturated carbocycles. The SMILES string of the molecule is NC(=O)c1ccc(NC(=O)c2c[nH]ccc2=O)cc1. The quantitative estimate of drug-likeness (QED) is 0.754. The largest absolute Gasteiger partial charge is 0.367 e. The van der Waals surface area contributed by atoms with Gasteiger partial charge in [-0.15, -0.1) is 0 Å². The molecule has 0 atom stereocenters. The summed E-state index contributed by atoms with van der Waals surface area (Å²) in [4.78, 5) is 36.8. The van der Waals surface area contributed by atoms with Crippen LogP contribution in [-0.4, -0.2) is 16.8 Å². The van der Waals surface area contributed by atoms with Gasteiger partial charge in [-0.2, -0.15) is 0 Å². The Kier molecular flexibility index (Phi) is 3.42. The number of hydrogen-bond acceptors (Lipinski definition) is 3. The third-order valence-electron chi connectivity index (χ3n) is 2.50. The first-order valence-corrected chi connectivity index (χ1v) is 5.46. The number of carbonyl (C=O) groups excluding carboxylic acids is 2. The maximum Gasteiger partial charge on any atom is 0.261 e. The van der Waals surface area contributed by atoms with Crippen molar-refractivity contribution in [3.8, 4) is 0 Å². The van der Waals surface area contributed by atoms with Gasteiger partial charge in [0.1, 0.15) is 5.56 Å². The van der Waals surface area contributed by atoms with Crippen LogP contribution in [0.5, 0.6) is 0 Å². The van der Waals surface area contributed by atoms with E-state index in [9.17, 15) is 14.4 Å². The van der Waals surface area contributed by atoms with E-state index in [4.69, 9.17) is 5.73 Å². The third-order valence-corrected chi connectivity index (χ3v) is 2.50. The number of anilines is 1. The number of primary amides is 1. The number of rotatable bonds is 3. The summed E-state index contributed by atoms with van der Waals surface area (Å²) < 4.78 is 0. The lowest BCUT2D eigenvalue weighted by atomic mass is 10.2. The summed E-state index contributed by atoms with van der Waals surface area (Å²) in [5.41, 5.74) is 5.56. The van der Waals surface area contributed by atoms with Gasteiger partial charge < -0.3 is 16.0 Å². The van der Waals surface area contributed by atoms with Crippen LogP contribution in [-0.2, 0) is 0 Å². The summed E-state index contributed by atoms with van der Waals surface area (Å²) in [5, 5.41) is 2.55. The average Bonchev–Trinajstić information content (AvgIpc) is 2.39. The number of H-pyrrole nitrogens is 1. The van der Waals surface area contributed by atoms with Gasteiger partial charge in [-0.1, -0.05) is 0 Å². The average molecular weight is 257 g/mol. The zero-order valence-electron chi connectivity index (χ0n) is 9.84. The molecule has 0 saturated heterocycles. The Labute approximate surface area is 108 Å². The molecule has 2 rings (SSSR count). The topological polar surface area (TPSA) is 105 Å². The molecule has 1 aromatic carbocycles. The van der Waals surface area contributed by atoms with Crippen LogP contribution in [0.2, 0.25) is 0 Å². The molecular weight excluding hydrogens is 246 g/mol. The number of nitrogens with one attached hydrogen (secondary N) is 2. The minimum atomic E-state index is -0.544. The molecule has 2 amide bonds. The molecule has 2 aromatic rings. The molecular formula is C13H11N3O3. The van der Waals surface area contributed by atoms with Crippen molar-refractivity contribution in [2.24, 2.45) is 5.73 Å². The Morgan fingerprint density at radius 2 is 1.79 bits per heavy atom. The second kappa shape index (κ2) is 5.18. The summed E-state index contributed by atoms with van der Waals surface area (Å²) in [7, 11) is 0. The van der Waals surface area contributed by atoms with Crippen molar-refractivity contribution in [2.45, 2.75) is 0 Å². The second-order valence-electron chi connectivity index (χ2n) is 3.82. The maximum absolute atomic E-state index is 11.8. The highest BCUT2D eigenvalue weighted by Crippen LogP contribution is 2.10. The highest BCUT2D eigenvalue weighted by Gasteiger charge is 2.09. The van der Waals surface area contributed by atoms with Crippen molar-refractivity contribution in [1.82, 2.24) is 4.98 Å². The molecule has 6 nitrogen and oxygen atoms in total. The van der Waals surface area contributed by atoms with Gasteiger partial charge in [0.15, 0.2) is 5.43 Å². The number of nitrogens with two attached hydrogens (primary N) is 1. The molecule has 0 fully saturated rings. The minimum Gasteiger partial charge on any atom is -0.367 e. The highest BCUT2D eigenvalue weighted by atomic mass is 16.2. The predicted octanol–water partition coefficient (Wildman–Crippen LogP) is 0.726. The summed E-state index contributed by atoms with van der Waals surface area (Å²) in [6.45, 7) is 0. The van der Waals surface area contributed by atoms with Crippen molar-refractivity contribution in [2.75, 3.05) is 5.32 Å². The molecule has 0 unspecified atom stereocenters. The van der Waals surface area contributed by atoms with Crippen LogP contribution >= 0.6 is 0 Å².